The first kappa shape index (κ1) is 16.1. The summed E-state index contributed by atoms with van der Waals surface area (Å²) in [5, 5.41) is 12.4. The number of aromatic nitrogens is 2. The van der Waals surface area contributed by atoms with Gasteiger partial charge in [0.2, 0.25) is 0 Å². The molecule has 1 amide bonds. The average Bonchev–Trinajstić information content (AvgIpc) is 2.94. The number of aryl methyl sites for hydroxylation is 1. The molecule has 3 heterocycles. The van der Waals surface area contributed by atoms with E-state index in [1.54, 1.807) is 11.8 Å². The van der Waals surface area contributed by atoms with Crippen LogP contribution in [0.3, 0.4) is 0 Å². The van der Waals surface area contributed by atoms with E-state index in [0.717, 1.165) is 12.8 Å². The number of rotatable bonds is 2. The summed E-state index contributed by atoms with van der Waals surface area (Å²) in [5.41, 5.74) is 0.216. The summed E-state index contributed by atoms with van der Waals surface area (Å²) in [6.07, 6.45) is 3.65. The van der Waals surface area contributed by atoms with Crippen molar-refractivity contribution in [3.05, 3.63) is 22.7 Å². The van der Waals surface area contributed by atoms with Crippen molar-refractivity contribution in [1.82, 2.24) is 20.2 Å². The summed E-state index contributed by atoms with van der Waals surface area (Å²) in [7, 11) is 0. The van der Waals surface area contributed by atoms with Crippen molar-refractivity contribution in [2.24, 2.45) is 5.41 Å². The predicted octanol–water partition coefficient (Wildman–Crippen LogP) is 1.11. The van der Waals surface area contributed by atoms with E-state index in [4.69, 9.17) is 16.7 Å². The number of halogens is 1. The zero-order valence-electron chi connectivity index (χ0n) is 12.9. The molecule has 2 N–H and O–H groups in total. The molecule has 7 nitrogen and oxygen atoms in total. The Balaban J connectivity index is 1.66. The molecule has 2 fully saturated rings. The number of hydrogen-bond donors (Lipinski definition) is 2. The summed E-state index contributed by atoms with van der Waals surface area (Å²) >= 11 is 6.04. The zero-order valence-corrected chi connectivity index (χ0v) is 13.6. The summed E-state index contributed by atoms with van der Waals surface area (Å²) < 4.78 is 0. The quantitative estimate of drug-likeness (QED) is 0.838. The second-order valence-corrected chi connectivity index (χ2v) is 6.79. The number of piperidine rings is 1. The average molecular weight is 339 g/mol. The van der Waals surface area contributed by atoms with Gasteiger partial charge in [0.05, 0.1) is 11.2 Å². The van der Waals surface area contributed by atoms with Crippen LogP contribution in [0.2, 0.25) is 5.02 Å². The van der Waals surface area contributed by atoms with Crippen LogP contribution in [0.4, 0.5) is 0 Å². The lowest BCUT2D eigenvalue weighted by Crippen LogP contribution is -2.44. The second-order valence-electron chi connectivity index (χ2n) is 6.38. The number of carbonyl (C=O) groups is 2. The Morgan fingerprint density at radius 3 is 2.74 bits per heavy atom. The smallest absolute Gasteiger partial charge is 0.320 e. The van der Waals surface area contributed by atoms with Gasteiger partial charge in [0.1, 0.15) is 11.9 Å². The van der Waals surface area contributed by atoms with Crippen LogP contribution < -0.4 is 5.32 Å². The second kappa shape index (κ2) is 6.05. The molecule has 0 aliphatic carbocycles. The predicted molar refractivity (Wildman–Crippen MR) is 83.4 cm³/mol. The largest absolute Gasteiger partial charge is 0.480 e. The van der Waals surface area contributed by atoms with E-state index in [1.807, 2.05) is 0 Å². The topological polar surface area (TPSA) is 95.4 Å². The molecule has 1 aromatic rings. The number of hydrogen-bond acceptors (Lipinski definition) is 5. The Kier molecular flexibility index (Phi) is 4.25. The van der Waals surface area contributed by atoms with Crippen LogP contribution in [0.25, 0.3) is 0 Å². The number of carbonyl (C=O) groups excluding carboxylic acids is 1. The van der Waals surface area contributed by atoms with Gasteiger partial charge in [-0.3, -0.25) is 9.59 Å². The van der Waals surface area contributed by atoms with Crippen molar-refractivity contribution >= 4 is 23.5 Å². The SMILES string of the molecule is Cc1ncc(Cl)c(C(=O)N2CCC3(CC2)CN[C@H](C(=O)O)C3)n1. The van der Waals surface area contributed by atoms with Crippen molar-refractivity contribution in [3.63, 3.8) is 0 Å². The van der Waals surface area contributed by atoms with Gasteiger partial charge in [-0.15, -0.1) is 0 Å². The van der Waals surface area contributed by atoms with Gasteiger partial charge in [0.15, 0.2) is 5.69 Å². The Bertz CT molecular complexity index is 644. The van der Waals surface area contributed by atoms with Crippen LogP contribution in [0.15, 0.2) is 6.20 Å². The molecule has 3 rings (SSSR count). The maximum Gasteiger partial charge on any atom is 0.320 e. The fraction of sp³-hybridized carbons (Fsp3) is 0.600. The third-order valence-corrected chi connectivity index (χ3v) is 5.11. The lowest BCUT2D eigenvalue weighted by atomic mass is 9.76. The molecule has 0 unspecified atom stereocenters. The summed E-state index contributed by atoms with van der Waals surface area (Å²) in [6.45, 7) is 3.59. The van der Waals surface area contributed by atoms with Gasteiger partial charge in [-0.2, -0.15) is 0 Å². The number of nitrogens with zero attached hydrogens (tertiary/aromatic N) is 3. The normalized spacial score (nSPS) is 23.2. The monoisotopic (exact) mass is 338 g/mol. The van der Waals surface area contributed by atoms with Crippen LogP contribution in [0, 0.1) is 12.3 Å². The standard InChI is InChI=1S/C15H19ClN4O3/c1-9-17-7-10(16)12(19-9)13(21)20-4-2-15(3-5-20)6-11(14(22)23)18-8-15/h7,11,18H,2-6,8H2,1H3,(H,22,23)/t11-/m0/s1. The third-order valence-electron chi connectivity index (χ3n) is 4.84. The Morgan fingerprint density at radius 2 is 2.13 bits per heavy atom. The highest BCUT2D eigenvalue weighted by Crippen LogP contribution is 2.39. The van der Waals surface area contributed by atoms with Crippen molar-refractivity contribution in [3.8, 4) is 0 Å². The van der Waals surface area contributed by atoms with Gasteiger partial charge in [0, 0.05) is 19.6 Å². The molecule has 1 spiro atoms. The molecule has 8 heteroatoms. The minimum Gasteiger partial charge on any atom is -0.480 e. The van der Waals surface area contributed by atoms with Crippen LogP contribution >= 0.6 is 11.6 Å². The molecule has 2 saturated heterocycles. The first-order valence-electron chi connectivity index (χ1n) is 7.65. The molecule has 23 heavy (non-hydrogen) atoms. The van der Waals surface area contributed by atoms with E-state index < -0.39 is 12.0 Å². The molecule has 0 bridgehead atoms. The van der Waals surface area contributed by atoms with Crippen molar-refractivity contribution in [2.75, 3.05) is 19.6 Å². The fourth-order valence-corrected chi connectivity index (χ4v) is 3.58. The van der Waals surface area contributed by atoms with Gasteiger partial charge < -0.3 is 15.3 Å². The molecule has 0 radical (unpaired) electrons. The highest BCUT2D eigenvalue weighted by atomic mass is 35.5. The van der Waals surface area contributed by atoms with Gasteiger partial charge in [-0.25, -0.2) is 9.97 Å². The maximum atomic E-state index is 12.6. The molecular formula is C15H19ClN4O3. The summed E-state index contributed by atoms with van der Waals surface area (Å²) in [5.74, 6) is -0.477. The molecular weight excluding hydrogens is 320 g/mol. The van der Waals surface area contributed by atoms with Gasteiger partial charge in [-0.1, -0.05) is 11.6 Å². The number of amides is 1. The van der Waals surface area contributed by atoms with Gasteiger partial charge in [-0.05, 0) is 31.6 Å². The number of carboxylic acid groups (broad SMARTS) is 1. The number of aliphatic carboxylic acids is 1. The number of nitrogens with one attached hydrogen (secondary N) is 1. The van der Waals surface area contributed by atoms with E-state index in [2.05, 4.69) is 15.3 Å². The van der Waals surface area contributed by atoms with Crippen LogP contribution in [0.5, 0.6) is 0 Å². The molecule has 1 atom stereocenters. The van der Waals surface area contributed by atoms with Gasteiger partial charge in [0.25, 0.3) is 5.91 Å². The molecule has 124 valence electrons. The minimum absolute atomic E-state index is 0.0226. The van der Waals surface area contributed by atoms with Crippen molar-refractivity contribution in [2.45, 2.75) is 32.2 Å². The highest BCUT2D eigenvalue weighted by molar-refractivity contribution is 6.33. The van der Waals surface area contributed by atoms with Crippen LogP contribution in [-0.4, -0.2) is 57.5 Å². The minimum atomic E-state index is -0.802. The van der Waals surface area contributed by atoms with E-state index in [9.17, 15) is 9.59 Å². The Hall–Kier alpha value is -1.73. The molecule has 0 saturated carbocycles. The lowest BCUT2D eigenvalue weighted by molar-refractivity contribution is -0.139. The van der Waals surface area contributed by atoms with E-state index in [-0.39, 0.29) is 22.0 Å². The third kappa shape index (κ3) is 3.16. The van der Waals surface area contributed by atoms with Gasteiger partial charge >= 0.3 is 5.97 Å². The zero-order chi connectivity index (χ0) is 16.6. The summed E-state index contributed by atoms with van der Waals surface area (Å²) in [4.78, 5) is 33.6. The molecule has 0 aromatic carbocycles. The van der Waals surface area contributed by atoms with E-state index >= 15 is 0 Å². The van der Waals surface area contributed by atoms with Crippen molar-refractivity contribution < 1.29 is 14.7 Å². The molecule has 1 aromatic heterocycles. The lowest BCUT2D eigenvalue weighted by Gasteiger charge is -2.38. The first-order valence-corrected chi connectivity index (χ1v) is 8.03. The highest BCUT2D eigenvalue weighted by Gasteiger charge is 2.44. The van der Waals surface area contributed by atoms with Crippen molar-refractivity contribution in [1.29, 1.82) is 0 Å². The van der Waals surface area contributed by atoms with Crippen LogP contribution in [0.1, 0.15) is 35.6 Å². The Morgan fingerprint density at radius 1 is 1.43 bits per heavy atom. The Labute approximate surface area is 139 Å². The number of carboxylic acids is 1. The molecule has 2 aliphatic rings. The first-order chi connectivity index (χ1) is 10.9. The van der Waals surface area contributed by atoms with Crippen LogP contribution in [-0.2, 0) is 4.79 Å². The van der Waals surface area contributed by atoms with E-state index in [0.29, 0.717) is 31.9 Å². The fourth-order valence-electron chi connectivity index (χ4n) is 3.41. The maximum absolute atomic E-state index is 12.6. The van der Waals surface area contributed by atoms with E-state index in [1.165, 1.54) is 6.20 Å². The molecule has 2 aliphatic heterocycles. The number of likely N-dealkylation sites (tertiary alicyclic amines) is 1. The summed E-state index contributed by atoms with van der Waals surface area (Å²) in [6, 6.07) is -0.476.